The Morgan fingerprint density at radius 2 is 1.74 bits per heavy atom. The van der Waals surface area contributed by atoms with Crippen LogP contribution in [0.1, 0.15) is 42.9 Å². The number of carbonyl (C=O) groups excluding carboxylic acids is 2. The Morgan fingerprint density at radius 1 is 1.00 bits per heavy atom. The van der Waals surface area contributed by atoms with Crippen LogP contribution in [0, 0.1) is 11.3 Å². The lowest BCUT2D eigenvalue weighted by Gasteiger charge is -2.46. The average Bonchev–Trinajstić information content (AvgIpc) is 3.84. The number of amides is 3. The van der Waals surface area contributed by atoms with Crippen LogP contribution in [0.5, 0.6) is 17.4 Å². The van der Waals surface area contributed by atoms with Gasteiger partial charge >= 0.3 is 6.03 Å². The van der Waals surface area contributed by atoms with Gasteiger partial charge in [-0.15, -0.1) is 0 Å². The molecule has 6 heterocycles. The number of methoxy groups -OCH3 is 2. The predicted octanol–water partition coefficient (Wildman–Crippen LogP) is 2.68. The van der Waals surface area contributed by atoms with E-state index in [1.807, 2.05) is 0 Å². The van der Waals surface area contributed by atoms with Crippen molar-refractivity contribution in [3.63, 3.8) is 0 Å². The van der Waals surface area contributed by atoms with Crippen molar-refractivity contribution < 1.29 is 37.0 Å². The number of hydrogen-bond acceptors (Lipinski definition) is 12. The Balaban J connectivity index is 1.14. The lowest BCUT2D eigenvalue weighted by atomic mass is 9.83. The van der Waals surface area contributed by atoms with Crippen molar-refractivity contribution in [1.29, 1.82) is 5.26 Å². The smallest absolute Gasteiger partial charge is 0.318 e. The summed E-state index contributed by atoms with van der Waals surface area (Å²) in [5.41, 5.74) is -1.80. The molecular weight excluding hydrogens is 715 g/mol. The van der Waals surface area contributed by atoms with Crippen LogP contribution in [-0.4, -0.2) is 124 Å². The second kappa shape index (κ2) is 14.0. The Labute approximate surface area is 314 Å². The number of anilines is 1. The molecule has 1 unspecified atom stereocenters. The first-order valence-corrected chi connectivity index (χ1v) is 19.7. The molecule has 2 bridgehead atoms. The van der Waals surface area contributed by atoms with Gasteiger partial charge in [0.25, 0.3) is 15.9 Å². The number of aromatic nitrogens is 1. The normalized spacial score (nSPS) is 24.6. The molecule has 0 saturated carbocycles. The van der Waals surface area contributed by atoms with Crippen LogP contribution in [0.4, 0.5) is 10.5 Å². The molecule has 5 aliphatic rings. The van der Waals surface area contributed by atoms with Crippen LogP contribution < -0.4 is 23.8 Å². The molecular formula is C38H43N7O8S. The first-order chi connectivity index (χ1) is 26.1. The molecule has 16 heteroatoms. The molecule has 54 heavy (non-hydrogen) atoms. The maximum atomic E-state index is 15.3. The van der Waals surface area contributed by atoms with Gasteiger partial charge in [-0.1, -0.05) is 0 Å². The number of pyridine rings is 1. The summed E-state index contributed by atoms with van der Waals surface area (Å²) in [5, 5.41) is 13.0. The first kappa shape index (κ1) is 36.0. The summed E-state index contributed by atoms with van der Waals surface area (Å²) in [6.45, 7) is 6.50. The van der Waals surface area contributed by atoms with Crippen molar-refractivity contribution in [1.82, 2.24) is 25.0 Å². The Kier molecular flexibility index (Phi) is 9.37. The number of ether oxygens (including phenoxy) is 4. The van der Waals surface area contributed by atoms with E-state index in [0.29, 0.717) is 47.3 Å². The van der Waals surface area contributed by atoms with Crippen LogP contribution in [0.3, 0.4) is 0 Å². The second-order valence-electron chi connectivity index (χ2n) is 14.3. The molecule has 1 aromatic heterocycles. The molecule has 4 fully saturated rings. The zero-order valence-corrected chi connectivity index (χ0v) is 31.3. The van der Waals surface area contributed by atoms with E-state index >= 15 is 4.79 Å². The number of hydrogen-bond donors (Lipinski definition) is 1. The molecule has 3 aromatic rings. The summed E-state index contributed by atoms with van der Waals surface area (Å²) in [7, 11) is -1.95. The summed E-state index contributed by atoms with van der Waals surface area (Å²) in [6, 6.07) is 15.0. The third-order valence-electron chi connectivity index (χ3n) is 11.5. The highest BCUT2D eigenvalue weighted by molar-refractivity contribution is 7.93. The first-order valence-electron chi connectivity index (χ1n) is 18.3. The Morgan fingerprint density at radius 3 is 2.37 bits per heavy atom. The van der Waals surface area contributed by atoms with Crippen molar-refractivity contribution in [2.45, 2.75) is 60.8 Å². The van der Waals surface area contributed by atoms with Crippen molar-refractivity contribution in [2.24, 2.45) is 0 Å². The maximum absolute atomic E-state index is 15.3. The molecule has 3 amide bonds. The van der Waals surface area contributed by atoms with Crippen molar-refractivity contribution in [3.8, 4) is 23.4 Å². The van der Waals surface area contributed by atoms with E-state index in [2.05, 4.69) is 26.2 Å². The van der Waals surface area contributed by atoms with E-state index < -0.39 is 27.5 Å². The van der Waals surface area contributed by atoms with Gasteiger partial charge in [0.2, 0.25) is 5.88 Å². The van der Waals surface area contributed by atoms with E-state index in [9.17, 15) is 18.5 Å². The maximum Gasteiger partial charge on any atom is 0.318 e. The van der Waals surface area contributed by atoms with Crippen LogP contribution in [-0.2, 0) is 25.1 Å². The number of piperidine rings is 1. The molecule has 2 aromatic carbocycles. The highest BCUT2D eigenvalue weighted by Gasteiger charge is 2.59. The third-order valence-corrected chi connectivity index (χ3v) is 13.3. The summed E-state index contributed by atoms with van der Waals surface area (Å²) in [4.78, 5) is 40.8. The number of piperazine rings is 1. The predicted molar refractivity (Wildman–Crippen MR) is 195 cm³/mol. The van der Waals surface area contributed by atoms with Crippen LogP contribution >= 0.6 is 0 Å². The fraction of sp³-hybridized carbons (Fsp3) is 0.474. The van der Waals surface area contributed by atoms with E-state index in [0.717, 1.165) is 45.6 Å². The minimum Gasteiger partial charge on any atom is -0.497 e. The van der Waals surface area contributed by atoms with E-state index in [1.54, 1.807) is 24.0 Å². The molecule has 0 radical (unpaired) electrons. The third kappa shape index (κ3) is 5.72. The Hall–Kier alpha value is -4.95. The van der Waals surface area contributed by atoms with Crippen molar-refractivity contribution in [3.05, 3.63) is 71.4 Å². The minimum absolute atomic E-state index is 0.0335. The van der Waals surface area contributed by atoms with Gasteiger partial charge in [0.15, 0.2) is 5.54 Å². The van der Waals surface area contributed by atoms with Gasteiger partial charge < -0.3 is 29.2 Å². The molecule has 284 valence electrons. The number of urea groups is 1. The van der Waals surface area contributed by atoms with Crippen LogP contribution in [0.25, 0.3) is 0 Å². The highest BCUT2D eigenvalue weighted by atomic mass is 32.2. The molecule has 1 N–H and O–H groups in total. The lowest BCUT2D eigenvalue weighted by molar-refractivity contribution is -0.121. The van der Waals surface area contributed by atoms with Crippen molar-refractivity contribution in [2.75, 3.05) is 64.5 Å². The number of likely N-dealkylation sites (tertiary alicyclic amines) is 3. The number of nitriles is 1. The van der Waals surface area contributed by atoms with E-state index in [4.69, 9.17) is 18.9 Å². The number of benzene rings is 2. The molecule has 0 aliphatic carbocycles. The standard InChI is InChI=1S/C38H43N7O8S/c1-4-53-35-30(6-5-13-40-35)38(41-37(47)42-14-11-25(12-15-42)43-20-27-17-26(43)21-44(27)28-22-52-23-28)31-16-24(19-39)7-9-32(31)45(36(38)46)54(48,49)34-10-8-29(50-2)18-33(34)51-3/h5-10,13,16,18,25-28H,4,11-12,14-15,17,20-23H2,1-3H3,(H,41,47)/t26-,27-,38?/m0/s1. The molecule has 15 nitrogen and oxygen atoms in total. The number of rotatable bonds is 10. The van der Waals surface area contributed by atoms with Gasteiger partial charge in [0, 0.05) is 62.1 Å². The number of carbonyl (C=O) groups is 2. The number of sulfonamides is 1. The SMILES string of the molecule is CCOc1ncccc1C1(NC(=O)N2CCC(N3C[C@@H]4C[C@H]3CN4C3COC3)CC2)C(=O)N(S(=O)(=O)c2ccc(OC)cc2OC)c2ccc(C#N)cc21. The topological polar surface area (TPSA) is 167 Å². The van der Waals surface area contributed by atoms with E-state index in [-0.39, 0.29) is 45.5 Å². The second-order valence-corrected chi connectivity index (χ2v) is 16.0. The summed E-state index contributed by atoms with van der Waals surface area (Å²) >= 11 is 0. The monoisotopic (exact) mass is 757 g/mol. The molecule has 4 saturated heterocycles. The fourth-order valence-electron chi connectivity index (χ4n) is 8.84. The van der Waals surface area contributed by atoms with Crippen LogP contribution in [0.2, 0.25) is 0 Å². The Bertz CT molecular complexity index is 2120. The quantitative estimate of drug-likeness (QED) is 0.322. The van der Waals surface area contributed by atoms with Crippen LogP contribution in [0.15, 0.2) is 59.6 Å². The zero-order valence-electron chi connectivity index (χ0n) is 30.4. The number of nitrogens with one attached hydrogen (secondary N) is 1. The summed E-state index contributed by atoms with van der Waals surface area (Å²) in [6.07, 6.45) is 4.16. The van der Waals surface area contributed by atoms with Gasteiger partial charge in [-0.3, -0.25) is 14.6 Å². The molecule has 3 atom stereocenters. The van der Waals surface area contributed by atoms with Gasteiger partial charge in [-0.25, -0.2) is 18.2 Å². The van der Waals surface area contributed by atoms with Gasteiger partial charge in [0.05, 0.1) is 63.0 Å². The average molecular weight is 758 g/mol. The highest BCUT2D eigenvalue weighted by Crippen LogP contribution is 2.50. The van der Waals surface area contributed by atoms with Gasteiger partial charge in [-0.2, -0.15) is 9.57 Å². The van der Waals surface area contributed by atoms with Gasteiger partial charge in [-0.05, 0) is 68.7 Å². The fourth-order valence-corrected chi connectivity index (χ4v) is 10.4. The zero-order chi connectivity index (χ0) is 37.8. The molecule has 5 aliphatic heterocycles. The summed E-state index contributed by atoms with van der Waals surface area (Å²) < 4.78 is 52.1. The van der Waals surface area contributed by atoms with Gasteiger partial charge in [0.1, 0.15) is 16.4 Å². The lowest BCUT2D eigenvalue weighted by Crippen LogP contribution is -2.61. The number of nitrogens with zero attached hydrogens (tertiary/aromatic N) is 6. The largest absolute Gasteiger partial charge is 0.497 e. The molecule has 8 rings (SSSR count). The number of fused-ring (bicyclic) bond motifs is 3. The minimum atomic E-state index is -4.70. The van der Waals surface area contributed by atoms with Crippen molar-refractivity contribution >= 4 is 27.6 Å². The summed E-state index contributed by atoms with van der Waals surface area (Å²) in [5.74, 6) is -0.650. The van der Waals surface area contributed by atoms with E-state index in [1.165, 1.54) is 56.8 Å². The molecule has 0 spiro atoms.